The molecule has 0 amide bonds. The van der Waals surface area contributed by atoms with Crippen molar-refractivity contribution in [2.75, 3.05) is 25.6 Å². The minimum atomic E-state index is 0.0449. The lowest BCUT2D eigenvalue weighted by Gasteiger charge is -2.28. The van der Waals surface area contributed by atoms with Gasteiger partial charge in [0.15, 0.2) is 0 Å². The number of para-hydroxylation sites is 1. The molecular weight excluding hydrogens is 264 g/mol. The molecular formula is C16H16N4O. The Labute approximate surface area is 122 Å². The maximum absolute atomic E-state index is 5.94. The fourth-order valence-corrected chi connectivity index (χ4v) is 2.87. The van der Waals surface area contributed by atoms with Crippen molar-refractivity contribution >= 4 is 17.0 Å². The van der Waals surface area contributed by atoms with Gasteiger partial charge in [-0.05, 0) is 24.3 Å². The van der Waals surface area contributed by atoms with Gasteiger partial charge in [-0.3, -0.25) is 9.55 Å². The van der Waals surface area contributed by atoms with E-state index in [2.05, 4.69) is 9.55 Å². The number of pyridine rings is 1. The maximum atomic E-state index is 5.94. The van der Waals surface area contributed by atoms with Gasteiger partial charge in [0.1, 0.15) is 23.9 Å². The fraction of sp³-hybridized carbons (Fsp3) is 0.250. The van der Waals surface area contributed by atoms with Crippen molar-refractivity contribution in [1.29, 1.82) is 0 Å². The minimum Gasteiger partial charge on any atom is -0.489 e. The Hall–Kier alpha value is -2.56. The van der Waals surface area contributed by atoms with Gasteiger partial charge >= 0.3 is 0 Å². The van der Waals surface area contributed by atoms with E-state index in [1.807, 2.05) is 61.6 Å². The van der Waals surface area contributed by atoms with Crippen LogP contribution >= 0.6 is 0 Å². The number of rotatable bonds is 2. The highest BCUT2D eigenvalue weighted by molar-refractivity contribution is 5.85. The first-order valence-corrected chi connectivity index (χ1v) is 6.97. The second-order valence-corrected chi connectivity index (χ2v) is 5.38. The highest BCUT2D eigenvalue weighted by Crippen LogP contribution is 2.38. The van der Waals surface area contributed by atoms with Crippen molar-refractivity contribution in [2.24, 2.45) is 0 Å². The Morgan fingerprint density at radius 1 is 1.19 bits per heavy atom. The molecule has 0 N–H and O–H groups in total. The second-order valence-electron chi connectivity index (χ2n) is 5.38. The molecule has 0 bridgehead atoms. The summed E-state index contributed by atoms with van der Waals surface area (Å²) in [7, 11) is 4.02. The van der Waals surface area contributed by atoms with Crippen molar-refractivity contribution < 1.29 is 4.74 Å². The van der Waals surface area contributed by atoms with Crippen molar-refractivity contribution in [2.45, 2.75) is 6.04 Å². The van der Waals surface area contributed by atoms with Crippen LogP contribution in [0.1, 0.15) is 11.7 Å². The Morgan fingerprint density at radius 3 is 2.86 bits per heavy atom. The van der Waals surface area contributed by atoms with E-state index in [1.54, 1.807) is 0 Å². The van der Waals surface area contributed by atoms with Crippen LogP contribution in [0, 0.1) is 0 Å². The first kappa shape index (κ1) is 12.2. The Balaban J connectivity index is 2.01. The topological polar surface area (TPSA) is 43.2 Å². The zero-order valence-electron chi connectivity index (χ0n) is 12.0. The third-order valence-electron chi connectivity index (χ3n) is 3.79. The number of benzene rings is 1. The largest absolute Gasteiger partial charge is 0.489 e. The number of ether oxygens (including phenoxy) is 1. The van der Waals surface area contributed by atoms with E-state index in [4.69, 9.17) is 9.72 Å². The van der Waals surface area contributed by atoms with Crippen LogP contribution in [0.4, 0.5) is 5.95 Å². The van der Waals surface area contributed by atoms with Crippen LogP contribution in [-0.2, 0) is 0 Å². The third kappa shape index (κ3) is 1.77. The van der Waals surface area contributed by atoms with Crippen LogP contribution in [0.3, 0.4) is 0 Å². The van der Waals surface area contributed by atoms with Gasteiger partial charge < -0.3 is 9.64 Å². The van der Waals surface area contributed by atoms with E-state index in [1.165, 1.54) is 0 Å². The molecule has 2 aromatic heterocycles. The van der Waals surface area contributed by atoms with E-state index < -0.39 is 0 Å². The molecule has 21 heavy (non-hydrogen) atoms. The molecule has 1 aliphatic heterocycles. The number of aromatic nitrogens is 3. The average Bonchev–Trinajstić information content (AvgIpc) is 2.91. The fourth-order valence-electron chi connectivity index (χ4n) is 2.87. The van der Waals surface area contributed by atoms with Crippen LogP contribution in [-0.4, -0.2) is 35.2 Å². The summed E-state index contributed by atoms with van der Waals surface area (Å²) >= 11 is 0. The highest BCUT2D eigenvalue weighted by Gasteiger charge is 2.29. The lowest BCUT2D eigenvalue weighted by Crippen LogP contribution is -2.27. The first-order valence-electron chi connectivity index (χ1n) is 6.97. The first-order chi connectivity index (χ1) is 10.3. The summed E-state index contributed by atoms with van der Waals surface area (Å²) in [6.45, 7) is 0.570. The molecule has 4 rings (SSSR count). The quantitative estimate of drug-likeness (QED) is 0.723. The van der Waals surface area contributed by atoms with E-state index in [0.29, 0.717) is 6.61 Å². The van der Waals surface area contributed by atoms with Gasteiger partial charge in [0, 0.05) is 20.3 Å². The summed E-state index contributed by atoms with van der Waals surface area (Å²) < 4.78 is 8.17. The maximum Gasteiger partial charge on any atom is 0.206 e. The monoisotopic (exact) mass is 280 g/mol. The lowest BCUT2D eigenvalue weighted by molar-refractivity contribution is 0.257. The van der Waals surface area contributed by atoms with Gasteiger partial charge in [0.2, 0.25) is 5.95 Å². The van der Waals surface area contributed by atoms with Gasteiger partial charge in [-0.25, -0.2) is 4.98 Å². The molecule has 5 heteroatoms. The molecule has 1 unspecified atom stereocenters. The van der Waals surface area contributed by atoms with Crippen molar-refractivity contribution in [3.8, 4) is 5.75 Å². The molecule has 106 valence electrons. The van der Waals surface area contributed by atoms with Gasteiger partial charge in [-0.2, -0.15) is 0 Å². The minimum absolute atomic E-state index is 0.0449. The summed E-state index contributed by atoms with van der Waals surface area (Å²) in [4.78, 5) is 11.3. The molecule has 3 aromatic rings. The number of nitrogens with zero attached hydrogens (tertiary/aromatic N) is 4. The van der Waals surface area contributed by atoms with Gasteiger partial charge in [-0.15, -0.1) is 0 Å². The predicted octanol–water partition coefficient (Wildman–Crippen LogP) is 2.48. The van der Waals surface area contributed by atoms with Crippen LogP contribution in [0.5, 0.6) is 5.75 Å². The van der Waals surface area contributed by atoms with Crippen molar-refractivity contribution in [1.82, 2.24) is 14.5 Å². The SMILES string of the molecule is CN(C)c1nc2cccc3c2n1C(c1ccccn1)CO3. The number of hydrogen-bond donors (Lipinski definition) is 0. The zero-order chi connectivity index (χ0) is 14.4. The molecule has 0 radical (unpaired) electrons. The number of imidazole rings is 1. The van der Waals surface area contributed by atoms with E-state index in [9.17, 15) is 0 Å². The van der Waals surface area contributed by atoms with Gasteiger partial charge in [-0.1, -0.05) is 12.1 Å². The van der Waals surface area contributed by atoms with Gasteiger partial charge in [0.05, 0.1) is 11.2 Å². The number of anilines is 1. The van der Waals surface area contributed by atoms with Crippen molar-refractivity contribution in [3.05, 3.63) is 48.3 Å². The Morgan fingerprint density at radius 2 is 2.10 bits per heavy atom. The Kier molecular flexibility index (Phi) is 2.60. The summed E-state index contributed by atoms with van der Waals surface area (Å²) in [5.41, 5.74) is 2.99. The lowest BCUT2D eigenvalue weighted by atomic mass is 10.1. The van der Waals surface area contributed by atoms with Crippen LogP contribution in [0.25, 0.3) is 11.0 Å². The standard InChI is InChI=1S/C16H16N4O/c1-19(2)16-18-12-7-5-8-14-15(12)20(16)13(10-21-14)11-6-3-4-9-17-11/h3-9,13H,10H2,1-2H3. The molecule has 5 nitrogen and oxygen atoms in total. The molecule has 1 atom stereocenters. The number of hydrogen-bond acceptors (Lipinski definition) is 4. The predicted molar refractivity (Wildman–Crippen MR) is 81.9 cm³/mol. The van der Waals surface area contributed by atoms with Gasteiger partial charge in [0.25, 0.3) is 0 Å². The molecule has 1 aromatic carbocycles. The average molecular weight is 280 g/mol. The second kappa shape index (κ2) is 4.48. The van der Waals surface area contributed by atoms with Crippen LogP contribution in [0.2, 0.25) is 0 Å². The third-order valence-corrected chi connectivity index (χ3v) is 3.79. The molecule has 0 saturated carbocycles. The molecule has 0 spiro atoms. The van der Waals surface area contributed by atoms with Crippen LogP contribution in [0.15, 0.2) is 42.6 Å². The van der Waals surface area contributed by atoms with E-state index in [0.717, 1.165) is 28.4 Å². The van der Waals surface area contributed by atoms with Crippen LogP contribution < -0.4 is 9.64 Å². The summed E-state index contributed by atoms with van der Waals surface area (Å²) in [5, 5.41) is 0. The van der Waals surface area contributed by atoms with E-state index in [-0.39, 0.29) is 6.04 Å². The highest BCUT2D eigenvalue weighted by atomic mass is 16.5. The summed E-state index contributed by atoms with van der Waals surface area (Å²) in [6.07, 6.45) is 1.82. The molecule has 0 aliphatic carbocycles. The molecule has 3 heterocycles. The molecule has 0 fully saturated rings. The smallest absolute Gasteiger partial charge is 0.206 e. The van der Waals surface area contributed by atoms with E-state index >= 15 is 0 Å². The molecule has 1 aliphatic rings. The zero-order valence-corrected chi connectivity index (χ0v) is 12.0. The normalized spacial score (nSPS) is 16.8. The summed E-state index contributed by atoms with van der Waals surface area (Å²) in [6, 6.07) is 12.0. The molecule has 0 saturated heterocycles. The summed E-state index contributed by atoms with van der Waals surface area (Å²) in [5.74, 6) is 1.82. The van der Waals surface area contributed by atoms with Crippen molar-refractivity contribution in [3.63, 3.8) is 0 Å². The Bertz CT molecular complexity index is 795.